The molecule has 4 nitrogen and oxygen atoms in total. The molecule has 2 N–H and O–H groups in total. The fraction of sp³-hybridized carbons (Fsp3) is 0.706. The Balaban J connectivity index is 2.48. The van der Waals surface area contributed by atoms with E-state index in [1.54, 1.807) is 14.2 Å². The van der Waals surface area contributed by atoms with Crippen LogP contribution in [0.1, 0.15) is 37.4 Å². The van der Waals surface area contributed by atoms with Gasteiger partial charge in [0.1, 0.15) is 0 Å². The lowest BCUT2D eigenvalue weighted by Gasteiger charge is -2.30. The third kappa shape index (κ3) is 6.36. The third-order valence-electron chi connectivity index (χ3n) is 3.62. The molecule has 0 aromatic carbocycles. The highest BCUT2D eigenvalue weighted by Crippen LogP contribution is 2.21. The van der Waals surface area contributed by atoms with Crippen LogP contribution in [0.3, 0.4) is 0 Å². The largest absolute Gasteiger partial charge is 0.379 e. The average molecular weight is 326 g/mol. The van der Waals surface area contributed by atoms with Crippen molar-refractivity contribution < 1.29 is 4.74 Å². The molecule has 126 valence electrons. The summed E-state index contributed by atoms with van der Waals surface area (Å²) in [4.78, 5) is 7.06. The molecule has 0 aliphatic heterocycles. The Bertz CT molecular complexity index is 476. The van der Waals surface area contributed by atoms with Gasteiger partial charge in [0, 0.05) is 42.9 Å². The van der Waals surface area contributed by atoms with Crippen LogP contribution in [-0.2, 0) is 11.2 Å². The number of hydrogen-bond acceptors (Lipinski definition) is 3. The van der Waals surface area contributed by atoms with Crippen molar-refractivity contribution in [3.8, 4) is 0 Å². The maximum atomic E-state index is 5.57. The van der Waals surface area contributed by atoms with E-state index < -0.39 is 0 Å². The minimum absolute atomic E-state index is 0.0979. The Labute approximate surface area is 139 Å². The first-order chi connectivity index (χ1) is 10.3. The lowest BCUT2D eigenvalue weighted by molar-refractivity contribution is 0.0205. The Morgan fingerprint density at radius 2 is 2.05 bits per heavy atom. The second kappa shape index (κ2) is 8.53. The molecule has 0 saturated heterocycles. The number of nitrogens with zero attached hydrogens (tertiary/aromatic N) is 1. The van der Waals surface area contributed by atoms with Crippen molar-refractivity contribution in [2.75, 3.05) is 20.7 Å². The average Bonchev–Trinajstić information content (AvgIpc) is 2.81. The van der Waals surface area contributed by atoms with Crippen LogP contribution in [0, 0.1) is 12.3 Å². The van der Waals surface area contributed by atoms with Crippen molar-refractivity contribution in [2.45, 2.75) is 53.2 Å². The van der Waals surface area contributed by atoms with Gasteiger partial charge in [-0.15, -0.1) is 11.3 Å². The van der Waals surface area contributed by atoms with Gasteiger partial charge in [-0.1, -0.05) is 20.8 Å². The Kier molecular flexibility index (Phi) is 7.36. The number of nitrogens with one attached hydrogen (secondary N) is 2. The van der Waals surface area contributed by atoms with Gasteiger partial charge in [0.15, 0.2) is 5.96 Å². The van der Waals surface area contributed by atoms with Crippen molar-refractivity contribution in [1.82, 2.24) is 10.6 Å². The van der Waals surface area contributed by atoms with Gasteiger partial charge < -0.3 is 15.4 Å². The Hall–Kier alpha value is -1.07. The van der Waals surface area contributed by atoms with Crippen LogP contribution in [0.5, 0.6) is 0 Å². The molecule has 0 spiro atoms. The molecule has 0 aliphatic rings. The van der Waals surface area contributed by atoms with E-state index in [4.69, 9.17) is 4.74 Å². The summed E-state index contributed by atoms with van der Waals surface area (Å²) in [6.07, 6.45) is 1.15. The minimum Gasteiger partial charge on any atom is -0.379 e. The van der Waals surface area contributed by atoms with E-state index in [0.29, 0.717) is 6.04 Å². The zero-order valence-electron chi connectivity index (χ0n) is 15.0. The van der Waals surface area contributed by atoms with Crippen molar-refractivity contribution in [1.29, 1.82) is 0 Å². The number of ether oxygens (including phenoxy) is 1. The number of rotatable bonds is 6. The van der Waals surface area contributed by atoms with Gasteiger partial charge in [0.2, 0.25) is 0 Å². The topological polar surface area (TPSA) is 45.7 Å². The molecule has 0 amide bonds. The van der Waals surface area contributed by atoms with Crippen LogP contribution < -0.4 is 10.6 Å². The summed E-state index contributed by atoms with van der Waals surface area (Å²) < 4.78 is 5.57. The number of aliphatic imine (C=N–C) groups is 1. The number of guanidine groups is 1. The van der Waals surface area contributed by atoms with Crippen molar-refractivity contribution in [2.24, 2.45) is 10.4 Å². The monoisotopic (exact) mass is 325 g/mol. The molecule has 0 saturated carbocycles. The summed E-state index contributed by atoms with van der Waals surface area (Å²) in [6.45, 7) is 11.6. The predicted molar refractivity (Wildman–Crippen MR) is 97.0 cm³/mol. The van der Waals surface area contributed by atoms with Crippen molar-refractivity contribution in [3.05, 3.63) is 21.9 Å². The summed E-state index contributed by atoms with van der Waals surface area (Å²) in [6, 6.07) is 4.71. The third-order valence-corrected chi connectivity index (χ3v) is 4.64. The van der Waals surface area contributed by atoms with Crippen LogP contribution in [-0.4, -0.2) is 38.8 Å². The number of aryl methyl sites for hydroxylation is 1. The highest BCUT2D eigenvalue weighted by atomic mass is 32.1. The van der Waals surface area contributed by atoms with Gasteiger partial charge in [-0.25, -0.2) is 0 Å². The van der Waals surface area contributed by atoms with E-state index in [1.807, 2.05) is 11.3 Å². The van der Waals surface area contributed by atoms with E-state index in [1.165, 1.54) is 9.75 Å². The van der Waals surface area contributed by atoms with E-state index in [-0.39, 0.29) is 11.5 Å². The summed E-state index contributed by atoms with van der Waals surface area (Å²) in [5, 5.41) is 6.81. The molecule has 0 fully saturated rings. The summed E-state index contributed by atoms with van der Waals surface area (Å²) in [5.41, 5.74) is 0.0979. The number of thiophene rings is 1. The predicted octanol–water partition coefficient (Wildman–Crippen LogP) is 3.21. The normalized spacial score (nSPS) is 15.5. The highest BCUT2D eigenvalue weighted by Gasteiger charge is 2.24. The quantitative estimate of drug-likeness (QED) is 0.623. The zero-order valence-corrected chi connectivity index (χ0v) is 15.8. The van der Waals surface area contributed by atoms with E-state index in [2.05, 4.69) is 62.4 Å². The van der Waals surface area contributed by atoms with E-state index in [0.717, 1.165) is 18.9 Å². The molecule has 0 bridgehead atoms. The van der Waals surface area contributed by atoms with Gasteiger partial charge in [0.05, 0.1) is 6.10 Å². The van der Waals surface area contributed by atoms with Gasteiger partial charge >= 0.3 is 0 Å². The molecule has 1 rings (SSSR count). The Morgan fingerprint density at radius 1 is 1.36 bits per heavy atom. The maximum Gasteiger partial charge on any atom is 0.191 e. The van der Waals surface area contributed by atoms with Crippen LogP contribution in [0.4, 0.5) is 0 Å². The molecular weight excluding hydrogens is 294 g/mol. The second-order valence-corrected chi connectivity index (χ2v) is 8.18. The van der Waals surface area contributed by atoms with Crippen molar-refractivity contribution in [3.63, 3.8) is 0 Å². The molecule has 2 unspecified atom stereocenters. The maximum absolute atomic E-state index is 5.57. The summed E-state index contributed by atoms with van der Waals surface area (Å²) in [5.74, 6) is 0.826. The molecule has 1 heterocycles. The van der Waals surface area contributed by atoms with Gasteiger partial charge in [-0.3, -0.25) is 4.99 Å². The smallest absolute Gasteiger partial charge is 0.191 e. The standard InChI is InChI=1S/C17H31N3OS/c1-12(10-14-9-8-13(2)22-14)20-16(18-6)19-11-15(21-7)17(3,4)5/h8-9,12,15H,10-11H2,1-7H3,(H2,18,19,20). The van der Waals surface area contributed by atoms with E-state index >= 15 is 0 Å². The highest BCUT2D eigenvalue weighted by molar-refractivity contribution is 7.11. The van der Waals surface area contributed by atoms with Gasteiger partial charge in [-0.05, 0) is 31.4 Å². The number of methoxy groups -OCH3 is 1. The SMILES string of the molecule is CN=C(NCC(OC)C(C)(C)C)NC(C)Cc1ccc(C)s1. The van der Waals surface area contributed by atoms with Crippen LogP contribution >= 0.6 is 11.3 Å². The molecule has 22 heavy (non-hydrogen) atoms. The Morgan fingerprint density at radius 3 is 2.50 bits per heavy atom. The van der Waals surface area contributed by atoms with Gasteiger partial charge in [-0.2, -0.15) is 0 Å². The molecule has 2 atom stereocenters. The fourth-order valence-corrected chi connectivity index (χ4v) is 3.33. The van der Waals surface area contributed by atoms with Gasteiger partial charge in [0.25, 0.3) is 0 Å². The summed E-state index contributed by atoms with van der Waals surface area (Å²) in [7, 11) is 3.56. The minimum atomic E-state index is 0.0979. The first-order valence-electron chi connectivity index (χ1n) is 7.81. The van der Waals surface area contributed by atoms with Crippen LogP contribution in [0.15, 0.2) is 17.1 Å². The molecule has 0 radical (unpaired) electrons. The number of hydrogen-bond donors (Lipinski definition) is 2. The van der Waals surface area contributed by atoms with Crippen LogP contribution in [0.2, 0.25) is 0 Å². The lowest BCUT2D eigenvalue weighted by atomic mass is 9.89. The molecule has 5 heteroatoms. The van der Waals surface area contributed by atoms with E-state index in [9.17, 15) is 0 Å². The first kappa shape index (κ1) is 19.0. The molecule has 1 aromatic heterocycles. The lowest BCUT2D eigenvalue weighted by Crippen LogP contribution is -2.48. The fourth-order valence-electron chi connectivity index (χ4n) is 2.31. The zero-order chi connectivity index (χ0) is 16.8. The molecule has 0 aliphatic carbocycles. The first-order valence-corrected chi connectivity index (χ1v) is 8.63. The molecule has 1 aromatic rings. The van der Waals surface area contributed by atoms with Crippen molar-refractivity contribution >= 4 is 17.3 Å². The summed E-state index contributed by atoms with van der Waals surface area (Å²) >= 11 is 1.86. The molecular formula is C17H31N3OS. The van der Waals surface area contributed by atoms with Crippen LogP contribution in [0.25, 0.3) is 0 Å². The second-order valence-electron chi connectivity index (χ2n) is 6.81.